The van der Waals surface area contributed by atoms with Crippen LogP contribution in [0.2, 0.25) is 0 Å². The van der Waals surface area contributed by atoms with Gasteiger partial charge in [0.1, 0.15) is 0 Å². The van der Waals surface area contributed by atoms with E-state index in [1.54, 1.807) is 16.7 Å². The minimum absolute atomic E-state index is 0.0597. The van der Waals surface area contributed by atoms with Crippen molar-refractivity contribution in [1.82, 2.24) is 14.9 Å². The van der Waals surface area contributed by atoms with Crippen LogP contribution in [0.25, 0.3) is 10.9 Å². The summed E-state index contributed by atoms with van der Waals surface area (Å²) < 4.78 is 1.68. The van der Waals surface area contributed by atoms with Crippen LogP contribution < -0.4 is 10.9 Å². The van der Waals surface area contributed by atoms with Gasteiger partial charge in [0.05, 0.1) is 16.2 Å². The average Bonchev–Trinajstić information content (AvgIpc) is 2.55. The number of carbonyl (C=O) groups excluding carboxylic acids is 1. The first kappa shape index (κ1) is 18.3. The van der Waals surface area contributed by atoms with Crippen molar-refractivity contribution in [3.8, 4) is 0 Å². The highest BCUT2D eigenvalue weighted by atomic mass is 32.2. The van der Waals surface area contributed by atoms with Crippen LogP contribution in [0.3, 0.4) is 0 Å². The fourth-order valence-electron chi connectivity index (χ4n) is 2.29. The summed E-state index contributed by atoms with van der Waals surface area (Å²) in [6, 6.07) is 7.30. The molecule has 0 radical (unpaired) electrons. The molecule has 2 rings (SSSR count). The quantitative estimate of drug-likeness (QED) is 0.476. The van der Waals surface area contributed by atoms with Gasteiger partial charge in [0, 0.05) is 13.1 Å². The van der Waals surface area contributed by atoms with Crippen LogP contribution >= 0.6 is 11.8 Å². The zero-order valence-corrected chi connectivity index (χ0v) is 15.1. The third kappa shape index (κ3) is 4.26. The van der Waals surface area contributed by atoms with Crippen LogP contribution in [-0.4, -0.2) is 27.3 Å². The van der Waals surface area contributed by atoms with Crippen LogP contribution in [0.4, 0.5) is 0 Å². The number of rotatable bonds is 7. The molecule has 0 fully saturated rings. The lowest BCUT2D eigenvalue weighted by atomic mass is 10.2. The van der Waals surface area contributed by atoms with Crippen molar-refractivity contribution in [2.24, 2.45) is 5.92 Å². The molecule has 0 saturated carbocycles. The number of nitrogens with one attached hydrogen (secondary N) is 1. The Kier molecular flexibility index (Phi) is 6.20. The van der Waals surface area contributed by atoms with Gasteiger partial charge in [-0.05, 0) is 25.0 Å². The molecule has 128 valence electrons. The smallest absolute Gasteiger partial charge is 0.262 e. The molecule has 0 aliphatic rings. The Hall–Kier alpha value is -2.08. The number of thioether (sulfide) groups is 1. The summed E-state index contributed by atoms with van der Waals surface area (Å²) in [5.74, 6) is 0.202. The first-order chi connectivity index (χ1) is 11.4. The Morgan fingerprint density at radius 2 is 2.08 bits per heavy atom. The maximum atomic E-state index is 12.8. The molecule has 0 saturated heterocycles. The first-order valence-electron chi connectivity index (χ1n) is 7.99. The van der Waals surface area contributed by atoms with E-state index in [2.05, 4.69) is 30.7 Å². The number of fused-ring (bicyclic) bond motifs is 1. The number of amides is 1. The van der Waals surface area contributed by atoms with E-state index in [4.69, 9.17) is 0 Å². The Labute approximate surface area is 146 Å². The number of hydrogen-bond acceptors (Lipinski definition) is 4. The summed E-state index contributed by atoms with van der Waals surface area (Å²) in [7, 11) is 0. The maximum absolute atomic E-state index is 12.8. The molecule has 1 N–H and O–H groups in total. The molecule has 1 amide bonds. The summed E-state index contributed by atoms with van der Waals surface area (Å²) in [5.41, 5.74) is 0.596. The topological polar surface area (TPSA) is 64.0 Å². The molecule has 24 heavy (non-hydrogen) atoms. The predicted octanol–water partition coefficient (Wildman–Crippen LogP) is 2.84. The van der Waals surface area contributed by atoms with Crippen molar-refractivity contribution in [1.29, 1.82) is 0 Å². The molecule has 1 aromatic carbocycles. The van der Waals surface area contributed by atoms with Crippen molar-refractivity contribution in [2.75, 3.05) is 6.54 Å². The third-order valence-corrected chi connectivity index (χ3v) is 4.54. The van der Waals surface area contributed by atoms with Gasteiger partial charge in [-0.2, -0.15) is 0 Å². The minimum atomic E-state index is -0.351. The van der Waals surface area contributed by atoms with E-state index in [-0.39, 0.29) is 16.7 Å². The van der Waals surface area contributed by atoms with Gasteiger partial charge >= 0.3 is 0 Å². The van der Waals surface area contributed by atoms with E-state index < -0.39 is 0 Å². The fourth-order valence-corrected chi connectivity index (χ4v) is 3.23. The molecule has 6 heteroatoms. The number of hydrogen-bond donors (Lipinski definition) is 1. The molecule has 1 aromatic heterocycles. The van der Waals surface area contributed by atoms with Gasteiger partial charge in [0.15, 0.2) is 5.16 Å². The summed E-state index contributed by atoms with van der Waals surface area (Å²) in [6.45, 7) is 10.5. The standard InChI is InChI=1S/C18H23N3O2S/c1-5-10-19-16(22)13(4)24-18-20-15-9-7-6-8-14(15)17(23)21(18)11-12(2)3/h5-9,12-13H,1,10-11H2,2-4H3,(H,19,22)/t13-/m1/s1. The van der Waals surface area contributed by atoms with E-state index in [0.717, 1.165) is 0 Å². The SMILES string of the molecule is C=CCNC(=O)[C@@H](C)Sc1nc2ccccc2c(=O)n1CC(C)C. The zero-order valence-electron chi connectivity index (χ0n) is 14.3. The highest BCUT2D eigenvalue weighted by molar-refractivity contribution is 8.00. The lowest BCUT2D eigenvalue weighted by molar-refractivity contribution is -0.120. The third-order valence-electron chi connectivity index (χ3n) is 3.45. The van der Waals surface area contributed by atoms with Crippen LogP contribution in [0.1, 0.15) is 20.8 Å². The Bertz CT molecular complexity index is 798. The number of aromatic nitrogens is 2. The largest absolute Gasteiger partial charge is 0.352 e. The normalized spacial score (nSPS) is 12.3. The summed E-state index contributed by atoms with van der Waals surface area (Å²) >= 11 is 1.31. The van der Waals surface area contributed by atoms with Crippen LogP contribution in [0.5, 0.6) is 0 Å². The van der Waals surface area contributed by atoms with E-state index in [1.807, 2.05) is 25.1 Å². The Morgan fingerprint density at radius 3 is 2.75 bits per heavy atom. The molecule has 0 unspecified atom stereocenters. The van der Waals surface area contributed by atoms with Gasteiger partial charge in [-0.3, -0.25) is 14.2 Å². The number of benzene rings is 1. The van der Waals surface area contributed by atoms with Gasteiger partial charge in [-0.15, -0.1) is 6.58 Å². The summed E-state index contributed by atoms with van der Waals surface area (Å²) in [6.07, 6.45) is 1.64. The van der Waals surface area contributed by atoms with E-state index in [9.17, 15) is 9.59 Å². The molecule has 2 aromatic rings. The second kappa shape index (κ2) is 8.15. The van der Waals surface area contributed by atoms with Crippen molar-refractivity contribution in [2.45, 2.75) is 37.7 Å². The monoisotopic (exact) mass is 345 g/mol. The second-order valence-corrected chi connectivity index (χ2v) is 7.32. The van der Waals surface area contributed by atoms with Gasteiger partial charge < -0.3 is 5.32 Å². The van der Waals surface area contributed by atoms with Crippen molar-refractivity contribution >= 4 is 28.6 Å². The molecular weight excluding hydrogens is 322 g/mol. The average molecular weight is 345 g/mol. The van der Waals surface area contributed by atoms with E-state index >= 15 is 0 Å². The van der Waals surface area contributed by atoms with E-state index in [0.29, 0.717) is 35.1 Å². The van der Waals surface area contributed by atoms with Crippen LogP contribution in [0, 0.1) is 5.92 Å². The van der Waals surface area contributed by atoms with E-state index in [1.165, 1.54) is 11.8 Å². The number of carbonyl (C=O) groups is 1. The molecule has 0 bridgehead atoms. The summed E-state index contributed by atoms with van der Waals surface area (Å²) in [5, 5.41) is 3.60. The highest BCUT2D eigenvalue weighted by Crippen LogP contribution is 2.23. The van der Waals surface area contributed by atoms with Gasteiger partial charge in [0.25, 0.3) is 5.56 Å². The molecule has 1 heterocycles. The van der Waals surface area contributed by atoms with Gasteiger partial charge in [0.2, 0.25) is 5.91 Å². The molecule has 0 spiro atoms. The first-order valence-corrected chi connectivity index (χ1v) is 8.86. The predicted molar refractivity (Wildman–Crippen MR) is 99.4 cm³/mol. The molecule has 5 nitrogen and oxygen atoms in total. The van der Waals surface area contributed by atoms with Crippen LogP contribution in [0.15, 0.2) is 46.9 Å². The molecular formula is C18H23N3O2S. The molecule has 1 atom stereocenters. The zero-order chi connectivity index (χ0) is 17.7. The number of nitrogens with zero attached hydrogens (tertiary/aromatic N) is 2. The maximum Gasteiger partial charge on any atom is 0.262 e. The van der Waals surface area contributed by atoms with Crippen molar-refractivity contribution in [3.63, 3.8) is 0 Å². The minimum Gasteiger partial charge on any atom is -0.352 e. The number of para-hydroxylation sites is 1. The second-order valence-electron chi connectivity index (χ2n) is 6.02. The van der Waals surface area contributed by atoms with Gasteiger partial charge in [-0.1, -0.05) is 43.8 Å². The van der Waals surface area contributed by atoms with Crippen LogP contribution in [-0.2, 0) is 11.3 Å². The molecule has 0 aliphatic heterocycles. The lowest BCUT2D eigenvalue weighted by Gasteiger charge is -2.17. The van der Waals surface area contributed by atoms with Crippen molar-refractivity contribution < 1.29 is 4.79 Å². The highest BCUT2D eigenvalue weighted by Gasteiger charge is 2.19. The van der Waals surface area contributed by atoms with Crippen molar-refractivity contribution in [3.05, 3.63) is 47.3 Å². The Morgan fingerprint density at radius 1 is 1.38 bits per heavy atom. The lowest BCUT2D eigenvalue weighted by Crippen LogP contribution is -2.32. The fraction of sp³-hybridized carbons (Fsp3) is 0.389. The molecule has 0 aliphatic carbocycles. The van der Waals surface area contributed by atoms with Gasteiger partial charge in [-0.25, -0.2) is 4.98 Å². The summed E-state index contributed by atoms with van der Waals surface area (Å²) in [4.78, 5) is 29.5. The Balaban J connectivity index is 2.41.